The Balaban J connectivity index is 2.62. The van der Waals surface area contributed by atoms with Crippen LogP contribution < -0.4 is 5.73 Å². The predicted molar refractivity (Wildman–Crippen MR) is 48.7 cm³/mol. The smallest absolute Gasteiger partial charge is 0.142 e. The molecule has 3 N–H and O–H groups in total. The fraction of sp³-hybridized carbons (Fsp3) is 0.222. The lowest BCUT2D eigenvalue weighted by Crippen LogP contribution is -2.04. The molecule has 0 amide bonds. The van der Waals surface area contributed by atoms with Gasteiger partial charge in [-0.25, -0.2) is 9.37 Å². The van der Waals surface area contributed by atoms with E-state index < -0.39 is 0 Å². The van der Waals surface area contributed by atoms with Crippen LogP contribution in [0.2, 0.25) is 0 Å². The second kappa shape index (κ2) is 2.81. The van der Waals surface area contributed by atoms with E-state index in [0.29, 0.717) is 5.65 Å². The van der Waals surface area contributed by atoms with Gasteiger partial charge in [0.05, 0.1) is 6.20 Å². The third-order valence-electron chi connectivity index (χ3n) is 1.95. The molecule has 2 aromatic heterocycles. The Hall–Kier alpha value is -1.42. The summed E-state index contributed by atoms with van der Waals surface area (Å²) < 4.78 is 12.7. The number of nitrogens with two attached hydrogens (primary N) is 1. The Morgan fingerprint density at radius 2 is 2.31 bits per heavy atom. The van der Waals surface area contributed by atoms with Gasteiger partial charge in [0, 0.05) is 17.1 Å². The molecule has 0 bridgehead atoms. The second-order valence-electron chi connectivity index (χ2n) is 3.10. The summed E-state index contributed by atoms with van der Waals surface area (Å²) in [6, 6.07) is 3.16. The van der Waals surface area contributed by atoms with Crippen LogP contribution in [0, 0.1) is 5.82 Å². The van der Waals surface area contributed by atoms with Gasteiger partial charge in [0.25, 0.3) is 0 Å². The highest BCUT2D eigenvalue weighted by atomic mass is 19.1. The summed E-state index contributed by atoms with van der Waals surface area (Å²) in [7, 11) is 0. The lowest BCUT2D eigenvalue weighted by molar-refractivity contribution is 0.624. The van der Waals surface area contributed by atoms with Crippen LogP contribution in [-0.2, 0) is 0 Å². The van der Waals surface area contributed by atoms with Crippen molar-refractivity contribution in [2.75, 3.05) is 0 Å². The minimum absolute atomic E-state index is 0.0859. The molecule has 13 heavy (non-hydrogen) atoms. The van der Waals surface area contributed by atoms with E-state index in [-0.39, 0.29) is 11.9 Å². The van der Waals surface area contributed by atoms with Gasteiger partial charge < -0.3 is 10.7 Å². The minimum Gasteiger partial charge on any atom is -0.342 e. The molecule has 0 radical (unpaired) electrons. The fourth-order valence-electron chi connectivity index (χ4n) is 1.26. The van der Waals surface area contributed by atoms with Gasteiger partial charge in [0.1, 0.15) is 11.5 Å². The Bertz CT molecular complexity index is 433. The van der Waals surface area contributed by atoms with Gasteiger partial charge in [-0.2, -0.15) is 0 Å². The number of rotatable bonds is 1. The standard InChI is InChI=1S/C9H10FN3/c1-5(11)8-3-6-2-7(10)4-12-9(6)13-8/h2-5H,11H2,1H3,(H,12,13). The predicted octanol–water partition coefficient (Wildman–Crippen LogP) is 1.72. The van der Waals surface area contributed by atoms with E-state index in [9.17, 15) is 4.39 Å². The number of fused-ring (bicyclic) bond motifs is 1. The molecule has 2 aromatic rings. The first-order valence-electron chi connectivity index (χ1n) is 4.06. The number of halogens is 1. The molecule has 1 atom stereocenters. The zero-order chi connectivity index (χ0) is 9.42. The van der Waals surface area contributed by atoms with Gasteiger partial charge in [-0.15, -0.1) is 0 Å². The molecule has 0 aromatic carbocycles. The molecule has 0 saturated carbocycles. The van der Waals surface area contributed by atoms with Crippen molar-refractivity contribution in [2.24, 2.45) is 5.73 Å². The second-order valence-corrected chi connectivity index (χ2v) is 3.10. The molecule has 0 spiro atoms. The largest absolute Gasteiger partial charge is 0.342 e. The third kappa shape index (κ3) is 1.40. The lowest BCUT2D eigenvalue weighted by Gasteiger charge is -1.97. The van der Waals surface area contributed by atoms with Crippen LogP contribution in [0.1, 0.15) is 18.7 Å². The summed E-state index contributed by atoms with van der Waals surface area (Å²) in [5.74, 6) is -0.331. The molecule has 2 rings (SSSR count). The maximum absolute atomic E-state index is 12.7. The normalized spacial score (nSPS) is 13.5. The van der Waals surface area contributed by atoms with Crippen molar-refractivity contribution < 1.29 is 4.39 Å². The van der Waals surface area contributed by atoms with Gasteiger partial charge in [-0.05, 0) is 19.1 Å². The van der Waals surface area contributed by atoms with Crippen LogP contribution in [-0.4, -0.2) is 9.97 Å². The van der Waals surface area contributed by atoms with Gasteiger partial charge in [0.2, 0.25) is 0 Å². The Labute approximate surface area is 74.8 Å². The van der Waals surface area contributed by atoms with Gasteiger partial charge in [0.15, 0.2) is 0 Å². The van der Waals surface area contributed by atoms with E-state index in [4.69, 9.17) is 5.73 Å². The van der Waals surface area contributed by atoms with Crippen LogP contribution >= 0.6 is 0 Å². The number of aromatic nitrogens is 2. The van der Waals surface area contributed by atoms with E-state index in [2.05, 4.69) is 9.97 Å². The number of H-pyrrole nitrogens is 1. The number of pyridine rings is 1. The van der Waals surface area contributed by atoms with E-state index in [1.54, 1.807) is 0 Å². The molecule has 0 fully saturated rings. The summed E-state index contributed by atoms with van der Waals surface area (Å²) in [4.78, 5) is 6.92. The first kappa shape index (κ1) is 8.19. The maximum Gasteiger partial charge on any atom is 0.142 e. The van der Waals surface area contributed by atoms with Crippen LogP contribution in [0.15, 0.2) is 18.3 Å². The Morgan fingerprint density at radius 3 is 3.00 bits per heavy atom. The topological polar surface area (TPSA) is 54.7 Å². The summed E-state index contributed by atoms with van der Waals surface area (Å²) in [6.45, 7) is 1.86. The van der Waals surface area contributed by atoms with E-state index >= 15 is 0 Å². The average molecular weight is 179 g/mol. The average Bonchev–Trinajstić information content (AvgIpc) is 2.46. The van der Waals surface area contributed by atoms with E-state index in [1.165, 1.54) is 12.3 Å². The molecule has 3 nitrogen and oxygen atoms in total. The first-order chi connectivity index (χ1) is 6.16. The zero-order valence-corrected chi connectivity index (χ0v) is 7.21. The van der Waals surface area contributed by atoms with Crippen LogP contribution in [0.3, 0.4) is 0 Å². The molecule has 0 aliphatic heterocycles. The van der Waals surface area contributed by atoms with Crippen LogP contribution in [0.4, 0.5) is 4.39 Å². The highest BCUT2D eigenvalue weighted by molar-refractivity contribution is 5.76. The molecule has 4 heteroatoms. The highest BCUT2D eigenvalue weighted by Gasteiger charge is 2.05. The third-order valence-corrected chi connectivity index (χ3v) is 1.95. The quantitative estimate of drug-likeness (QED) is 0.700. The van der Waals surface area contributed by atoms with Crippen molar-refractivity contribution in [3.63, 3.8) is 0 Å². The minimum atomic E-state index is -0.331. The van der Waals surface area contributed by atoms with Gasteiger partial charge >= 0.3 is 0 Å². The summed E-state index contributed by atoms with van der Waals surface area (Å²) in [5, 5.41) is 0.757. The van der Waals surface area contributed by atoms with Gasteiger partial charge in [-0.1, -0.05) is 0 Å². The van der Waals surface area contributed by atoms with E-state index in [0.717, 1.165) is 11.1 Å². The summed E-state index contributed by atoms with van der Waals surface area (Å²) in [5.41, 5.74) is 7.21. The zero-order valence-electron chi connectivity index (χ0n) is 7.21. The maximum atomic E-state index is 12.7. The summed E-state index contributed by atoms with van der Waals surface area (Å²) >= 11 is 0. The van der Waals surface area contributed by atoms with E-state index in [1.807, 2.05) is 13.0 Å². The molecular formula is C9H10FN3. The molecule has 68 valence electrons. The Morgan fingerprint density at radius 1 is 1.54 bits per heavy atom. The number of hydrogen-bond acceptors (Lipinski definition) is 2. The number of nitrogens with one attached hydrogen (secondary N) is 1. The summed E-state index contributed by atoms with van der Waals surface area (Å²) in [6.07, 6.45) is 1.18. The number of aromatic amines is 1. The van der Waals surface area contributed by atoms with Crippen molar-refractivity contribution in [3.8, 4) is 0 Å². The highest BCUT2D eigenvalue weighted by Crippen LogP contribution is 2.17. The van der Waals surface area contributed by atoms with Crippen LogP contribution in [0.5, 0.6) is 0 Å². The van der Waals surface area contributed by atoms with Crippen molar-refractivity contribution in [3.05, 3.63) is 29.8 Å². The molecule has 0 saturated heterocycles. The fourth-order valence-corrected chi connectivity index (χ4v) is 1.26. The first-order valence-corrected chi connectivity index (χ1v) is 4.06. The molecule has 1 unspecified atom stereocenters. The Kier molecular flexibility index (Phi) is 1.77. The molecule has 0 aliphatic rings. The molecule has 2 heterocycles. The van der Waals surface area contributed by atoms with Gasteiger partial charge in [-0.3, -0.25) is 0 Å². The van der Waals surface area contributed by atoms with Crippen molar-refractivity contribution in [1.29, 1.82) is 0 Å². The van der Waals surface area contributed by atoms with Crippen molar-refractivity contribution in [2.45, 2.75) is 13.0 Å². The molecular weight excluding hydrogens is 169 g/mol. The molecule has 0 aliphatic carbocycles. The van der Waals surface area contributed by atoms with Crippen molar-refractivity contribution in [1.82, 2.24) is 9.97 Å². The number of nitrogens with zero attached hydrogens (tertiary/aromatic N) is 1. The number of hydrogen-bond donors (Lipinski definition) is 2. The lowest BCUT2D eigenvalue weighted by atomic mass is 10.2. The SMILES string of the molecule is CC(N)c1cc2cc(F)cnc2[nH]1. The van der Waals surface area contributed by atoms with Crippen LogP contribution in [0.25, 0.3) is 11.0 Å². The van der Waals surface area contributed by atoms with Crippen molar-refractivity contribution >= 4 is 11.0 Å². The monoisotopic (exact) mass is 179 g/mol.